The second-order valence-corrected chi connectivity index (χ2v) is 8.32. The predicted molar refractivity (Wildman–Crippen MR) is 108 cm³/mol. The molecule has 0 radical (unpaired) electrons. The Balaban J connectivity index is 1.72. The Bertz CT molecular complexity index is 905. The van der Waals surface area contributed by atoms with Gasteiger partial charge in [0.2, 0.25) is 5.91 Å². The number of ketones is 1. The van der Waals surface area contributed by atoms with Gasteiger partial charge in [-0.3, -0.25) is 9.59 Å². The molecule has 1 aliphatic carbocycles. The first-order chi connectivity index (χ1) is 12.9. The van der Waals surface area contributed by atoms with Crippen molar-refractivity contribution < 1.29 is 9.59 Å². The molecule has 0 bridgehead atoms. The van der Waals surface area contributed by atoms with Gasteiger partial charge in [-0.25, -0.2) is 0 Å². The molecule has 1 N–H and O–H groups in total. The fourth-order valence-corrected chi connectivity index (χ4v) is 4.77. The number of benzene rings is 2. The van der Waals surface area contributed by atoms with Crippen LogP contribution in [-0.2, 0) is 9.59 Å². The van der Waals surface area contributed by atoms with E-state index < -0.39 is 11.5 Å². The van der Waals surface area contributed by atoms with Gasteiger partial charge in [0, 0.05) is 0 Å². The Kier molecular flexibility index (Phi) is 4.41. The van der Waals surface area contributed by atoms with Crippen LogP contribution in [0.2, 0.25) is 0 Å². The van der Waals surface area contributed by atoms with Gasteiger partial charge in [0.25, 0.3) is 0 Å². The summed E-state index contributed by atoms with van der Waals surface area (Å²) in [5.74, 6) is -0.695. The van der Waals surface area contributed by atoms with E-state index in [1.165, 1.54) is 11.1 Å². The number of hydrogen-bond acceptors (Lipinski definition) is 2. The molecule has 1 heterocycles. The first-order valence-corrected chi connectivity index (χ1v) is 9.96. The molecule has 4 rings (SSSR count). The summed E-state index contributed by atoms with van der Waals surface area (Å²) in [5.41, 5.74) is 5.93. The topological polar surface area (TPSA) is 46.2 Å². The Hall–Kier alpha value is -2.42. The molecular formula is C24H27NO2. The fraction of sp³-hybridized carbons (Fsp3) is 0.417. The molecule has 1 spiro atoms. The average molecular weight is 361 g/mol. The maximum Gasteiger partial charge on any atom is 0.235 e. The minimum Gasteiger partial charge on any atom is -0.343 e. The van der Waals surface area contributed by atoms with Gasteiger partial charge >= 0.3 is 0 Å². The fourth-order valence-electron chi connectivity index (χ4n) is 4.77. The Labute approximate surface area is 161 Å². The number of hydrogen-bond donors (Lipinski definition) is 1. The molecule has 1 aliphatic heterocycles. The van der Waals surface area contributed by atoms with Crippen LogP contribution in [0.4, 0.5) is 0 Å². The Morgan fingerprint density at radius 2 is 1.56 bits per heavy atom. The van der Waals surface area contributed by atoms with Gasteiger partial charge < -0.3 is 5.32 Å². The van der Waals surface area contributed by atoms with Crippen LogP contribution in [-0.4, -0.2) is 17.2 Å². The molecule has 3 heteroatoms. The molecular weight excluding hydrogens is 334 g/mol. The highest BCUT2D eigenvalue weighted by Gasteiger charge is 2.53. The number of Topliss-reactive ketones (excluding diaryl/α,β-unsaturated/α-hetero) is 1. The van der Waals surface area contributed by atoms with Crippen LogP contribution in [0.15, 0.2) is 36.4 Å². The van der Waals surface area contributed by atoms with E-state index in [9.17, 15) is 9.59 Å². The zero-order chi connectivity index (χ0) is 19.2. The van der Waals surface area contributed by atoms with Gasteiger partial charge in [0.05, 0.1) is 5.54 Å². The maximum atomic E-state index is 13.3. The van der Waals surface area contributed by atoms with Crippen molar-refractivity contribution in [2.75, 3.05) is 0 Å². The van der Waals surface area contributed by atoms with E-state index in [2.05, 4.69) is 55.6 Å². The monoisotopic (exact) mass is 361 g/mol. The van der Waals surface area contributed by atoms with Crippen molar-refractivity contribution in [3.05, 3.63) is 58.7 Å². The van der Waals surface area contributed by atoms with Crippen molar-refractivity contribution >= 4 is 11.7 Å². The first-order valence-electron chi connectivity index (χ1n) is 9.96. The lowest BCUT2D eigenvalue weighted by Crippen LogP contribution is -2.47. The summed E-state index contributed by atoms with van der Waals surface area (Å²) >= 11 is 0. The zero-order valence-electron chi connectivity index (χ0n) is 16.4. The molecule has 140 valence electrons. The molecule has 1 atom stereocenters. The van der Waals surface area contributed by atoms with E-state index in [4.69, 9.17) is 0 Å². The van der Waals surface area contributed by atoms with Crippen molar-refractivity contribution in [1.82, 2.24) is 5.32 Å². The molecule has 2 fully saturated rings. The van der Waals surface area contributed by atoms with E-state index in [0.717, 1.165) is 54.4 Å². The van der Waals surface area contributed by atoms with Gasteiger partial charge in [-0.1, -0.05) is 61.2 Å². The van der Waals surface area contributed by atoms with Gasteiger partial charge in [-0.15, -0.1) is 0 Å². The third-order valence-corrected chi connectivity index (χ3v) is 6.35. The number of amides is 1. The predicted octanol–water partition coefficient (Wildman–Crippen LogP) is 4.76. The summed E-state index contributed by atoms with van der Waals surface area (Å²) in [6.07, 6.45) is 4.76. The van der Waals surface area contributed by atoms with Gasteiger partial charge in [-0.2, -0.15) is 0 Å². The Morgan fingerprint density at radius 1 is 0.889 bits per heavy atom. The van der Waals surface area contributed by atoms with Crippen LogP contribution in [0, 0.1) is 20.8 Å². The van der Waals surface area contributed by atoms with Crippen LogP contribution in [0.5, 0.6) is 0 Å². The number of carbonyl (C=O) groups is 2. The van der Waals surface area contributed by atoms with E-state index >= 15 is 0 Å². The van der Waals surface area contributed by atoms with E-state index in [1.54, 1.807) is 0 Å². The summed E-state index contributed by atoms with van der Waals surface area (Å²) < 4.78 is 0. The normalized spacial score (nSPS) is 21.5. The molecule has 1 saturated carbocycles. The zero-order valence-corrected chi connectivity index (χ0v) is 16.4. The molecule has 2 aromatic carbocycles. The molecule has 1 amide bonds. The standard InChI is InChI=1S/C24H27NO2/c1-15-7-9-18(10-8-15)19-13-17(3)20(14-16(19)2)21-22(26)24(25-23(21)27)11-5-4-6-12-24/h7-10,13-14,21H,4-6,11-12H2,1-3H3,(H,25,27). The largest absolute Gasteiger partial charge is 0.343 e. The summed E-state index contributed by atoms with van der Waals surface area (Å²) in [7, 11) is 0. The van der Waals surface area contributed by atoms with Crippen LogP contribution in [0.25, 0.3) is 11.1 Å². The average Bonchev–Trinajstić information content (AvgIpc) is 2.88. The smallest absolute Gasteiger partial charge is 0.235 e. The van der Waals surface area contributed by atoms with Crippen molar-refractivity contribution in [2.45, 2.75) is 64.3 Å². The summed E-state index contributed by atoms with van der Waals surface area (Å²) in [6, 6.07) is 12.6. The SMILES string of the molecule is Cc1ccc(-c2cc(C)c(C3C(=O)NC4(CCCCC4)C3=O)cc2C)cc1. The molecule has 3 nitrogen and oxygen atoms in total. The van der Waals surface area contributed by atoms with Crippen molar-refractivity contribution in [2.24, 2.45) is 0 Å². The maximum absolute atomic E-state index is 13.3. The second kappa shape index (κ2) is 6.63. The number of carbonyl (C=O) groups excluding carboxylic acids is 2. The lowest BCUT2D eigenvalue weighted by molar-refractivity contribution is -0.125. The highest BCUT2D eigenvalue weighted by molar-refractivity contribution is 6.17. The Morgan fingerprint density at radius 3 is 2.22 bits per heavy atom. The minimum atomic E-state index is -0.658. The minimum absolute atomic E-state index is 0.0813. The number of rotatable bonds is 2. The lowest BCUT2D eigenvalue weighted by atomic mass is 9.76. The third kappa shape index (κ3) is 2.99. The molecule has 27 heavy (non-hydrogen) atoms. The highest BCUT2D eigenvalue weighted by Crippen LogP contribution is 2.41. The molecule has 1 unspecified atom stereocenters. The van der Waals surface area contributed by atoms with Crippen LogP contribution in [0.3, 0.4) is 0 Å². The first kappa shape index (κ1) is 18.0. The summed E-state index contributed by atoms with van der Waals surface area (Å²) in [5, 5.41) is 3.08. The van der Waals surface area contributed by atoms with E-state index in [-0.39, 0.29) is 11.7 Å². The molecule has 2 aromatic rings. The lowest BCUT2D eigenvalue weighted by Gasteiger charge is -2.31. The second-order valence-electron chi connectivity index (χ2n) is 8.32. The summed E-state index contributed by atoms with van der Waals surface area (Å²) in [6.45, 7) is 6.15. The van der Waals surface area contributed by atoms with Gasteiger partial charge in [0.15, 0.2) is 5.78 Å². The molecule has 1 saturated heterocycles. The van der Waals surface area contributed by atoms with Crippen LogP contribution >= 0.6 is 0 Å². The van der Waals surface area contributed by atoms with Crippen LogP contribution < -0.4 is 5.32 Å². The van der Waals surface area contributed by atoms with E-state index in [0.29, 0.717) is 0 Å². The number of aryl methyl sites for hydroxylation is 3. The van der Waals surface area contributed by atoms with Crippen molar-refractivity contribution in [1.29, 1.82) is 0 Å². The van der Waals surface area contributed by atoms with E-state index in [1.807, 2.05) is 6.92 Å². The van der Waals surface area contributed by atoms with Crippen LogP contribution in [0.1, 0.15) is 60.3 Å². The van der Waals surface area contributed by atoms with Crippen molar-refractivity contribution in [3.63, 3.8) is 0 Å². The highest BCUT2D eigenvalue weighted by atomic mass is 16.2. The summed E-state index contributed by atoms with van der Waals surface area (Å²) in [4.78, 5) is 26.0. The van der Waals surface area contributed by atoms with Gasteiger partial charge in [0.1, 0.15) is 5.92 Å². The molecule has 0 aromatic heterocycles. The van der Waals surface area contributed by atoms with Crippen molar-refractivity contribution in [3.8, 4) is 11.1 Å². The quantitative estimate of drug-likeness (QED) is 0.784. The molecule has 2 aliphatic rings. The van der Waals surface area contributed by atoms with Gasteiger partial charge in [-0.05, 0) is 61.4 Å². The third-order valence-electron chi connectivity index (χ3n) is 6.35. The number of nitrogens with one attached hydrogen (secondary N) is 1.